The molecule has 4 N–H and O–H groups in total. The Morgan fingerprint density at radius 3 is 2.11 bits per heavy atom. The maximum Gasteiger partial charge on any atom is 0.0636 e. The summed E-state index contributed by atoms with van der Waals surface area (Å²) in [5.74, 6) is 0. The molecule has 0 aliphatic carbocycles. The zero-order valence-electron chi connectivity index (χ0n) is 9.59. The first-order valence-corrected chi connectivity index (χ1v) is 7.28. The van der Waals surface area contributed by atoms with Crippen molar-refractivity contribution in [2.24, 2.45) is 0 Å². The first-order valence-electron chi connectivity index (χ1n) is 5.52. The van der Waals surface area contributed by atoms with Crippen LogP contribution in [0.5, 0.6) is 0 Å². The van der Waals surface area contributed by atoms with Crippen molar-refractivity contribution in [1.82, 2.24) is 0 Å². The molecule has 3 rings (SSSR count). The average Bonchev–Trinajstić information content (AvgIpc) is 3.03. The van der Waals surface area contributed by atoms with Crippen LogP contribution < -0.4 is 11.5 Å². The molecule has 0 fully saturated rings. The number of nitrogen functional groups attached to an aromatic ring is 2. The highest BCUT2D eigenvalue weighted by atomic mass is 32.1. The van der Waals surface area contributed by atoms with Crippen LogP contribution in [0.1, 0.15) is 0 Å². The van der Waals surface area contributed by atoms with E-state index < -0.39 is 0 Å². The number of anilines is 2. The van der Waals surface area contributed by atoms with Crippen molar-refractivity contribution in [3.63, 3.8) is 0 Å². The van der Waals surface area contributed by atoms with Crippen LogP contribution in [0.4, 0.5) is 11.4 Å². The van der Waals surface area contributed by atoms with Crippen molar-refractivity contribution in [2.75, 3.05) is 11.5 Å². The molecular weight excluding hydrogens is 260 g/mol. The van der Waals surface area contributed by atoms with E-state index in [0.29, 0.717) is 11.4 Å². The second kappa shape index (κ2) is 4.48. The van der Waals surface area contributed by atoms with Gasteiger partial charge in [-0.15, -0.1) is 22.7 Å². The Kier molecular flexibility index (Phi) is 2.81. The van der Waals surface area contributed by atoms with Gasteiger partial charge in [-0.2, -0.15) is 0 Å². The van der Waals surface area contributed by atoms with Gasteiger partial charge in [0.05, 0.1) is 11.4 Å². The van der Waals surface area contributed by atoms with Crippen LogP contribution in [0.25, 0.3) is 20.9 Å². The lowest BCUT2D eigenvalue weighted by molar-refractivity contribution is 1.65. The quantitative estimate of drug-likeness (QED) is 0.683. The molecule has 0 aliphatic rings. The molecule has 0 atom stereocenters. The van der Waals surface area contributed by atoms with Crippen LogP contribution in [0.2, 0.25) is 0 Å². The largest absolute Gasteiger partial charge is 0.397 e. The van der Waals surface area contributed by atoms with E-state index in [1.165, 1.54) is 4.88 Å². The third kappa shape index (κ3) is 1.89. The molecule has 18 heavy (non-hydrogen) atoms. The minimum absolute atomic E-state index is 0.643. The Bertz CT molecular complexity index is 655. The molecule has 0 saturated carbocycles. The highest BCUT2D eigenvalue weighted by molar-refractivity contribution is 7.14. The first-order chi connectivity index (χ1) is 8.75. The zero-order chi connectivity index (χ0) is 12.5. The van der Waals surface area contributed by atoms with E-state index in [1.54, 1.807) is 22.7 Å². The molecule has 0 amide bonds. The second-order valence-corrected chi connectivity index (χ2v) is 5.88. The summed E-state index contributed by atoms with van der Waals surface area (Å²) in [5, 5.41) is 4.11. The molecule has 2 nitrogen and oxygen atoms in total. The molecule has 0 saturated heterocycles. The van der Waals surface area contributed by atoms with Crippen molar-refractivity contribution in [3.8, 4) is 20.9 Å². The maximum absolute atomic E-state index is 6.08. The standard InChI is InChI=1S/C14H12N2S2/c15-11-8-9(12-3-1-5-17-12)7-10(14(11)16)13-4-2-6-18-13/h1-8H,15-16H2. The van der Waals surface area contributed by atoms with Crippen molar-refractivity contribution in [1.29, 1.82) is 0 Å². The maximum atomic E-state index is 6.08. The third-order valence-electron chi connectivity index (χ3n) is 2.80. The molecule has 0 unspecified atom stereocenters. The highest BCUT2D eigenvalue weighted by Crippen LogP contribution is 2.38. The van der Waals surface area contributed by atoms with Gasteiger partial charge in [-0.3, -0.25) is 0 Å². The fourth-order valence-corrected chi connectivity index (χ4v) is 3.37. The second-order valence-electron chi connectivity index (χ2n) is 3.98. The summed E-state index contributed by atoms with van der Waals surface area (Å²) in [6, 6.07) is 12.3. The monoisotopic (exact) mass is 272 g/mol. The Balaban J connectivity index is 2.20. The van der Waals surface area contributed by atoms with E-state index in [2.05, 4.69) is 23.6 Å². The van der Waals surface area contributed by atoms with Crippen molar-refractivity contribution in [2.45, 2.75) is 0 Å². The number of hydrogen-bond acceptors (Lipinski definition) is 4. The van der Waals surface area contributed by atoms with Crippen LogP contribution >= 0.6 is 22.7 Å². The van der Waals surface area contributed by atoms with E-state index in [1.807, 2.05) is 23.6 Å². The summed E-state index contributed by atoms with van der Waals surface area (Å²) in [6.07, 6.45) is 0. The molecule has 2 heterocycles. The van der Waals surface area contributed by atoms with E-state index >= 15 is 0 Å². The van der Waals surface area contributed by atoms with Gasteiger partial charge in [-0.25, -0.2) is 0 Å². The van der Waals surface area contributed by atoms with Gasteiger partial charge in [-0.1, -0.05) is 12.1 Å². The number of rotatable bonds is 2. The van der Waals surface area contributed by atoms with Crippen LogP contribution in [0, 0.1) is 0 Å². The Labute approximate surface area is 114 Å². The van der Waals surface area contributed by atoms with E-state index in [-0.39, 0.29) is 0 Å². The highest BCUT2D eigenvalue weighted by Gasteiger charge is 2.10. The Morgan fingerprint density at radius 2 is 1.50 bits per heavy atom. The van der Waals surface area contributed by atoms with Crippen molar-refractivity contribution < 1.29 is 0 Å². The van der Waals surface area contributed by atoms with Gasteiger partial charge in [0.25, 0.3) is 0 Å². The van der Waals surface area contributed by atoms with Crippen molar-refractivity contribution >= 4 is 34.0 Å². The van der Waals surface area contributed by atoms with E-state index in [4.69, 9.17) is 11.5 Å². The molecule has 0 bridgehead atoms. The Hall–Kier alpha value is -1.78. The topological polar surface area (TPSA) is 52.0 Å². The molecular formula is C14H12N2S2. The molecule has 0 spiro atoms. The predicted molar refractivity (Wildman–Crippen MR) is 81.9 cm³/mol. The summed E-state index contributed by atoms with van der Waals surface area (Å²) in [5.41, 5.74) is 15.6. The van der Waals surface area contributed by atoms with E-state index in [9.17, 15) is 0 Å². The predicted octanol–water partition coefficient (Wildman–Crippen LogP) is 4.31. The Morgan fingerprint density at radius 1 is 0.833 bits per heavy atom. The number of hydrogen-bond donors (Lipinski definition) is 2. The first kappa shape index (κ1) is 11.3. The molecule has 1 aromatic carbocycles. The fraction of sp³-hybridized carbons (Fsp3) is 0. The molecule has 0 radical (unpaired) electrons. The lowest BCUT2D eigenvalue weighted by atomic mass is 10.0. The van der Waals surface area contributed by atoms with Crippen LogP contribution in [-0.4, -0.2) is 0 Å². The lowest BCUT2D eigenvalue weighted by Gasteiger charge is -2.09. The SMILES string of the molecule is Nc1cc(-c2cccs2)cc(-c2cccs2)c1N. The lowest BCUT2D eigenvalue weighted by Crippen LogP contribution is -1.97. The minimum Gasteiger partial charge on any atom is -0.397 e. The zero-order valence-corrected chi connectivity index (χ0v) is 11.2. The average molecular weight is 272 g/mol. The number of nitrogens with two attached hydrogens (primary N) is 2. The molecule has 4 heteroatoms. The van der Waals surface area contributed by atoms with Crippen LogP contribution in [0.15, 0.2) is 47.2 Å². The van der Waals surface area contributed by atoms with Crippen LogP contribution in [-0.2, 0) is 0 Å². The summed E-state index contributed by atoms with van der Waals surface area (Å²) < 4.78 is 0. The van der Waals surface area contributed by atoms with Gasteiger partial charge in [0.2, 0.25) is 0 Å². The smallest absolute Gasteiger partial charge is 0.0636 e. The summed E-state index contributed by atoms with van der Waals surface area (Å²) in [4.78, 5) is 2.36. The van der Waals surface area contributed by atoms with Gasteiger partial charge in [0.1, 0.15) is 0 Å². The molecule has 90 valence electrons. The van der Waals surface area contributed by atoms with E-state index in [0.717, 1.165) is 16.0 Å². The molecule has 0 aliphatic heterocycles. The minimum atomic E-state index is 0.643. The molecule has 3 aromatic rings. The van der Waals surface area contributed by atoms with Gasteiger partial charge in [0, 0.05) is 15.3 Å². The third-order valence-corrected chi connectivity index (χ3v) is 4.63. The van der Waals surface area contributed by atoms with Gasteiger partial charge < -0.3 is 11.5 Å². The van der Waals surface area contributed by atoms with Gasteiger partial charge >= 0.3 is 0 Å². The normalized spacial score (nSPS) is 10.7. The van der Waals surface area contributed by atoms with Crippen molar-refractivity contribution in [3.05, 3.63) is 47.2 Å². The van der Waals surface area contributed by atoms with Gasteiger partial charge in [-0.05, 0) is 40.6 Å². The summed E-state index contributed by atoms with van der Waals surface area (Å²) in [6.45, 7) is 0. The summed E-state index contributed by atoms with van der Waals surface area (Å²) in [7, 11) is 0. The number of thiophene rings is 2. The summed E-state index contributed by atoms with van der Waals surface area (Å²) >= 11 is 3.38. The van der Waals surface area contributed by atoms with Crippen LogP contribution in [0.3, 0.4) is 0 Å². The number of benzene rings is 1. The fourth-order valence-electron chi connectivity index (χ4n) is 1.90. The van der Waals surface area contributed by atoms with Gasteiger partial charge in [0.15, 0.2) is 0 Å². The molecule has 2 aromatic heterocycles.